The van der Waals surface area contributed by atoms with Crippen LogP contribution in [-0.4, -0.2) is 19.1 Å². The Balaban J connectivity index is 1.56. The van der Waals surface area contributed by atoms with Crippen molar-refractivity contribution in [3.8, 4) is 5.75 Å². The summed E-state index contributed by atoms with van der Waals surface area (Å²) in [5.74, 6) is 1.41. The van der Waals surface area contributed by atoms with Crippen molar-refractivity contribution < 1.29 is 4.74 Å². The highest BCUT2D eigenvalue weighted by Crippen LogP contribution is 2.31. The maximum Gasteiger partial charge on any atom is 0.189 e. The van der Waals surface area contributed by atoms with E-state index in [0.717, 1.165) is 29.7 Å². The van der Waals surface area contributed by atoms with E-state index in [1.165, 1.54) is 5.56 Å². The van der Waals surface area contributed by atoms with Gasteiger partial charge in [0.2, 0.25) is 0 Å². The van der Waals surface area contributed by atoms with Crippen molar-refractivity contribution in [3.05, 3.63) is 71.8 Å². The van der Waals surface area contributed by atoms with E-state index < -0.39 is 0 Å². The van der Waals surface area contributed by atoms with Gasteiger partial charge in [-0.1, -0.05) is 55.1 Å². The van der Waals surface area contributed by atoms with Crippen LogP contribution in [0.4, 0.5) is 0 Å². The van der Waals surface area contributed by atoms with Crippen LogP contribution in [0.1, 0.15) is 29.2 Å². The summed E-state index contributed by atoms with van der Waals surface area (Å²) in [5, 5.41) is 3.31. The maximum atomic E-state index is 6.06. The lowest BCUT2D eigenvalue weighted by Crippen LogP contribution is -2.37. The van der Waals surface area contributed by atoms with Gasteiger partial charge in [-0.25, -0.2) is 0 Å². The standard InChI is InChI=1S/C20H23N3O/c1-2-15-7-9-16(10-8-15)11-13-22-20(21)23-18-12-14-24-19-6-4-3-5-17(18)19/h2-10,18H,1,11-14H2,(H3,21,22,23). The maximum absolute atomic E-state index is 6.06. The summed E-state index contributed by atoms with van der Waals surface area (Å²) in [6.45, 7) is 5.12. The predicted molar refractivity (Wildman–Crippen MR) is 99.2 cm³/mol. The van der Waals surface area contributed by atoms with Crippen molar-refractivity contribution in [2.24, 2.45) is 10.7 Å². The van der Waals surface area contributed by atoms with Gasteiger partial charge in [0.25, 0.3) is 0 Å². The molecule has 2 aromatic rings. The number of fused-ring (bicyclic) bond motifs is 1. The van der Waals surface area contributed by atoms with E-state index in [2.05, 4.69) is 47.2 Å². The van der Waals surface area contributed by atoms with Gasteiger partial charge in [0.1, 0.15) is 5.75 Å². The zero-order chi connectivity index (χ0) is 16.8. The van der Waals surface area contributed by atoms with Crippen LogP contribution in [0.3, 0.4) is 0 Å². The lowest BCUT2D eigenvalue weighted by atomic mass is 10.0. The van der Waals surface area contributed by atoms with Gasteiger partial charge in [-0.15, -0.1) is 0 Å². The van der Waals surface area contributed by atoms with Crippen LogP contribution in [0.2, 0.25) is 0 Å². The minimum absolute atomic E-state index is 0.158. The molecule has 0 bridgehead atoms. The summed E-state index contributed by atoms with van der Waals surface area (Å²) in [7, 11) is 0. The second kappa shape index (κ2) is 7.68. The first-order chi connectivity index (χ1) is 11.8. The van der Waals surface area contributed by atoms with E-state index in [-0.39, 0.29) is 6.04 Å². The van der Waals surface area contributed by atoms with E-state index in [1.54, 1.807) is 0 Å². The fourth-order valence-corrected chi connectivity index (χ4v) is 2.84. The summed E-state index contributed by atoms with van der Waals surface area (Å²) < 4.78 is 5.67. The molecule has 24 heavy (non-hydrogen) atoms. The Hall–Kier alpha value is -2.75. The minimum atomic E-state index is 0.158. The van der Waals surface area contributed by atoms with Crippen LogP contribution in [0.15, 0.2) is 60.1 Å². The van der Waals surface area contributed by atoms with E-state index in [9.17, 15) is 0 Å². The molecule has 0 amide bonds. The summed E-state index contributed by atoms with van der Waals surface area (Å²) in [5.41, 5.74) is 9.57. The zero-order valence-electron chi connectivity index (χ0n) is 13.7. The largest absolute Gasteiger partial charge is 0.493 e. The average molecular weight is 321 g/mol. The van der Waals surface area contributed by atoms with E-state index >= 15 is 0 Å². The normalized spacial score (nSPS) is 16.8. The predicted octanol–water partition coefficient (Wildman–Crippen LogP) is 3.30. The topological polar surface area (TPSA) is 59.6 Å². The number of hydrogen-bond acceptors (Lipinski definition) is 2. The summed E-state index contributed by atoms with van der Waals surface area (Å²) in [4.78, 5) is 4.45. The third-order valence-corrected chi connectivity index (χ3v) is 4.18. The molecule has 1 unspecified atom stereocenters. The molecular weight excluding hydrogens is 298 g/mol. The molecule has 4 heteroatoms. The van der Waals surface area contributed by atoms with Crippen LogP contribution >= 0.6 is 0 Å². The van der Waals surface area contributed by atoms with Gasteiger partial charge in [-0.05, 0) is 23.6 Å². The Kier molecular flexibility index (Phi) is 5.16. The van der Waals surface area contributed by atoms with Crippen molar-refractivity contribution in [1.29, 1.82) is 0 Å². The van der Waals surface area contributed by atoms with Crippen LogP contribution in [0.25, 0.3) is 6.08 Å². The van der Waals surface area contributed by atoms with Gasteiger partial charge < -0.3 is 15.8 Å². The Morgan fingerprint density at radius 3 is 2.83 bits per heavy atom. The molecule has 3 N–H and O–H groups in total. The van der Waals surface area contributed by atoms with Crippen LogP contribution in [0, 0.1) is 0 Å². The second-order valence-corrected chi connectivity index (χ2v) is 5.83. The Morgan fingerprint density at radius 2 is 2.04 bits per heavy atom. The molecule has 1 aliphatic rings. The average Bonchev–Trinajstić information content (AvgIpc) is 2.63. The third-order valence-electron chi connectivity index (χ3n) is 4.18. The third kappa shape index (κ3) is 3.96. The lowest BCUT2D eigenvalue weighted by Gasteiger charge is -2.26. The first-order valence-corrected chi connectivity index (χ1v) is 8.26. The first kappa shape index (κ1) is 16.1. The van der Waals surface area contributed by atoms with Gasteiger partial charge in [0.05, 0.1) is 12.6 Å². The van der Waals surface area contributed by atoms with Crippen molar-refractivity contribution in [3.63, 3.8) is 0 Å². The molecule has 124 valence electrons. The lowest BCUT2D eigenvalue weighted by molar-refractivity contribution is 0.262. The van der Waals surface area contributed by atoms with E-state index in [0.29, 0.717) is 19.1 Å². The number of hydrogen-bond donors (Lipinski definition) is 2. The first-order valence-electron chi connectivity index (χ1n) is 8.26. The number of nitrogens with two attached hydrogens (primary N) is 1. The van der Waals surface area contributed by atoms with Gasteiger partial charge in [0, 0.05) is 18.5 Å². The minimum Gasteiger partial charge on any atom is -0.493 e. The Morgan fingerprint density at radius 1 is 1.25 bits per heavy atom. The molecular formula is C20H23N3O. The summed E-state index contributed by atoms with van der Waals surface area (Å²) >= 11 is 0. The van der Waals surface area contributed by atoms with Gasteiger partial charge in [-0.2, -0.15) is 0 Å². The molecule has 0 aromatic heterocycles. The monoisotopic (exact) mass is 321 g/mol. The van der Waals surface area contributed by atoms with Gasteiger partial charge in [-0.3, -0.25) is 4.99 Å². The van der Waals surface area contributed by atoms with Crippen molar-refractivity contribution >= 4 is 12.0 Å². The molecule has 1 atom stereocenters. The van der Waals surface area contributed by atoms with Crippen molar-refractivity contribution in [2.45, 2.75) is 18.9 Å². The molecule has 0 spiro atoms. The molecule has 4 nitrogen and oxygen atoms in total. The Labute approximate surface area is 143 Å². The molecule has 0 fully saturated rings. The van der Waals surface area contributed by atoms with E-state index in [1.807, 2.05) is 24.3 Å². The highest BCUT2D eigenvalue weighted by Gasteiger charge is 2.21. The number of nitrogens with zero attached hydrogens (tertiary/aromatic N) is 1. The molecule has 0 saturated carbocycles. The molecule has 0 radical (unpaired) electrons. The number of para-hydroxylation sites is 1. The van der Waals surface area contributed by atoms with E-state index in [4.69, 9.17) is 10.5 Å². The van der Waals surface area contributed by atoms with Crippen molar-refractivity contribution in [1.82, 2.24) is 5.32 Å². The van der Waals surface area contributed by atoms with Crippen LogP contribution in [0.5, 0.6) is 5.75 Å². The second-order valence-electron chi connectivity index (χ2n) is 5.83. The molecule has 2 aromatic carbocycles. The van der Waals surface area contributed by atoms with Crippen molar-refractivity contribution in [2.75, 3.05) is 13.2 Å². The fourth-order valence-electron chi connectivity index (χ4n) is 2.84. The number of aliphatic imine (C=N–C) groups is 1. The number of ether oxygens (including phenoxy) is 1. The Bertz CT molecular complexity index is 722. The molecule has 1 heterocycles. The summed E-state index contributed by atoms with van der Waals surface area (Å²) in [6.07, 6.45) is 3.59. The number of guanidine groups is 1. The fraction of sp³-hybridized carbons (Fsp3) is 0.250. The van der Waals surface area contributed by atoms with Crippen LogP contribution < -0.4 is 15.8 Å². The molecule has 3 rings (SSSR count). The zero-order valence-corrected chi connectivity index (χ0v) is 13.7. The molecule has 1 aliphatic heterocycles. The smallest absolute Gasteiger partial charge is 0.189 e. The molecule has 0 aliphatic carbocycles. The number of rotatable bonds is 5. The van der Waals surface area contributed by atoms with Gasteiger partial charge >= 0.3 is 0 Å². The van der Waals surface area contributed by atoms with Crippen LogP contribution in [-0.2, 0) is 6.42 Å². The highest BCUT2D eigenvalue weighted by atomic mass is 16.5. The quantitative estimate of drug-likeness (QED) is 0.656. The number of benzene rings is 2. The summed E-state index contributed by atoms with van der Waals surface area (Å²) in [6, 6.07) is 16.5. The molecule has 0 saturated heterocycles. The SMILES string of the molecule is C=Cc1ccc(CCN=C(N)NC2CCOc3ccccc32)cc1. The highest BCUT2D eigenvalue weighted by molar-refractivity contribution is 5.78. The van der Waals surface area contributed by atoms with Gasteiger partial charge in [0.15, 0.2) is 5.96 Å². The number of nitrogens with one attached hydrogen (secondary N) is 1.